The fourth-order valence-corrected chi connectivity index (χ4v) is 4.81. The Morgan fingerprint density at radius 1 is 1.52 bits per heavy atom. The summed E-state index contributed by atoms with van der Waals surface area (Å²) in [6.45, 7) is 2.34. The third-order valence-electron chi connectivity index (χ3n) is 3.43. The molecule has 1 aliphatic heterocycles. The molecule has 1 aliphatic rings. The fraction of sp³-hybridized carbons (Fsp3) is 0.500. The number of sulfonamides is 1. The third kappa shape index (κ3) is 3.66. The molecule has 1 fully saturated rings. The lowest BCUT2D eigenvalue weighted by Crippen LogP contribution is -2.37. The van der Waals surface area contributed by atoms with Crippen LogP contribution < -0.4 is 10.5 Å². The van der Waals surface area contributed by atoms with E-state index in [1.165, 1.54) is 6.07 Å². The minimum absolute atomic E-state index is 0.109. The van der Waals surface area contributed by atoms with Gasteiger partial charge >= 0.3 is 0 Å². The van der Waals surface area contributed by atoms with E-state index in [-0.39, 0.29) is 21.0 Å². The molecule has 1 saturated heterocycles. The van der Waals surface area contributed by atoms with Gasteiger partial charge in [-0.3, -0.25) is 10.1 Å². The van der Waals surface area contributed by atoms with Crippen LogP contribution in [0.3, 0.4) is 0 Å². The molecule has 1 heterocycles. The van der Waals surface area contributed by atoms with Crippen LogP contribution in [0.1, 0.15) is 19.8 Å². The number of hydrogen-bond donors (Lipinski definition) is 2. The van der Waals surface area contributed by atoms with Gasteiger partial charge < -0.3 is 5.73 Å². The Morgan fingerprint density at radius 3 is 2.76 bits per heavy atom. The Morgan fingerprint density at radius 2 is 2.24 bits per heavy atom. The molecular weight excluding hydrogens is 314 g/mol. The summed E-state index contributed by atoms with van der Waals surface area (Å²) in [5.41, 5.74) is 5.28. The normalized spacial score (nSPS) is 22.3. The van der Waals surface area contributed by atoms with Crippen molar-refractivity contribution in [1.29, 1.82) is 0 Å². The van der Waals surface area contributed by atoms with Crippen molar-refractivity contribution in [3.63, 3.8) is 0 Å². The van der Waals surface area contributed by atoms with Crippen LogP contribution >= 0.6 is 11.8 Å². The number of thioether (sulfide) groups is 1. The minimum Gasteiger partial charge on any atom is -0.397 e. The van der Waals surface area contributed by atoms with Crippen LogP contribution in [0.4, 0.5) is 11.4 Å². The number of rotatable bonds is 5. The van der Waals surface area contributed by atoms with Crippen LogP contribution in [0, 0.1) is 10.1 Å². The first-order chi connectivity index (χ1) is 9.73. The number of nitrogens with zero attached hydrogens (tertiary/aromatic N) is 1. The van der Waals surface area contributed by atoms with Gasteiger partial charge in [0.2, 0.25) is 10.0 Å². The van der Waals surface area contributed by atoms with E-state index in [0.717, 1.165) is 30.7 Å². The molecule has 1 atom stereocenters. The Kier molecular flexibility index (Phi) is 4.45. The first kappa shape index (κ1) is 16.1. The Hall–Kier alpha value is -1.32. The zero-order valence-corrected chi connectivity index (χ0v) is 13.2. The summed E-state index contributed by atoms with van der Waals surface area (Å²) >= 11 is 1.74. The number of nitrogen functional groups attached to an aromatic ring is 1. The van der Waals surface area contributed by atoms with E-state index < -0.39 is 14.9 Å². The van der Waals surface area contributed by atoms with Crippen LogP contribution in [-0.4, -0.2) is 30.4 Å². The fourth-order valence-electron chi connectivity index (χ4n) is 2.20. The number of nitrogens with one attached hydrogen (secondary N) is 1. The molecule has 0 radical (unpaired) electrons. The molecule has 0 bridgehead atoms. The molecule has 21 heavy (non-hydrogen) atoms. The predicted octanol–water partition coefficient (Wildman–Crippen LogP) is 1.74. The standard InChI is InChI=1S/C12H17N3O4S2/c1-12(5-2-6-20-12)8-14-21(18,19)11-4-3-9(15(16)17)7-10(11)13/h3-4,7,14H,2,5-6,8,13H2,1H3. The largest absolute Gasteiger partial charge is 0.397 e. The smallest absolute Gasteiger partial charge is 0.271 e. The minimum atomic E-state index is -3.77. The van der Waals surface area contributed by atoms with Crippen molar-refractivity contribution in [3.8, 4) is 0 Å². The molecule has 1 unspecified atom stereocenters. The molecule has 0 aliphatic carbocycles. The number of anilines is 1. The Bertz CT molecular complexity index is 654. The molecule has 1 aromatic carbocycles. The molecule has 0 spiro atoms. The van der Waals surface area contributed by atoms with Crippen LogP contribution in [0.25, 0.3) is 0 Å². The zero-order chi connectivity index (χ0) is 15.7. The SMILES string of the molecule is CC1(CNS(=O)(=O)c2ccc([N+](=O)[O-])cc2N)CCCS1. The second kappa shape index (κ2) is 5.82. The van der Waals surface area contributed by atoms with Crippen molar-refractivity contribution < 1.29 is 13.3 Å². The van der Waals surface area contributed by atoms with Gasteiger partial charge in [0.1, 0.15) is 4.90 Å². The van der Waals surface area contributed by atoms with Gasteiger partial charge in [0, 0.05) is 23.4 Å². The van der Waals surface area contributed by atoms with Crippen LogP contribution in [0.15, 0.2) is 23.1 Å². The molecule has 9 heteroatoms. The van der Waals surface area contributed by atoms with Crippen molar-refractivity contribution in [2.24, 2.45) is 0 Å². The number of nitrogens with two attached hydrogens (primary N) is 1. The molecule has 0 aromatic heterocycles. The van der Waals surface area contributed by atoms with E-state index in [1.807, 2.05) is 6.92 Å². The summed E-state index contributed by atoms with van der Waals surface area (Å²) in [5, 5.41) is 10.6. The molecule has 0 amide bonds. The molecule has 116 valence electrons. The topological polar surface area (TPSA) is 115 Å². The molecule has 7 nitrogen and oxygen atoms in total. The molecular formula is C12H17N3O4S2. The highest BCUT2D eigenvalue weighted by atomic mass is 32.2. The lowest BCUT2D eigenvalue weighted by molar-refractivity contribution is -0.384. The van der Waals surface area contributed by atoms with E-state index in [9.17, 15) is 18.5 Å². The number of benzene rings is 1. The first-order valence-electron chi connectivity index (χ1n) is 6.41. The number of hydrogen-bond acceptors (Lipinski definition) is 6. The molecule has 1 aromatic rings. The van der Waals surface area contributed by atoms with E-state index in [4.69, 9.17) is 5.73 Å². The van der Waals surface area contributed by atoms with Gasteiger partial charge in [-0.2, -0.15) is 11.8 Å². The second-order valence-electron chi connectivity index (χ2n) is 5.21. The van der Waals surface area contributed by atoms with Gasteiger partial charge in [0.15, 0.2) is 0 Å². The Balaban J connectivity index is 2.17. The van der Waals surface area contributed by atoms with Crippen molar-refractivity contribution in [3.05, 3.63) is 28.3 Å². The molecule has 0 saturated carbocycles. The number of nitro groups is 1. The predicted molar refractivity (Wildman–Crippen MR) is 82.8 cm³/mol. The van der Waals surface area contributed by atoms with Crippen molar-refractivity contribution in [1.82, 2.24) is 4.72 Å². The maximum Gasteiger partial charge on any atom is 0.271 e. The van der Waals surface area contributed by atoms with Gasteiger partial charge in [-0.1, -0.05) is 0 Å². The maximum absolute atomic E-state index is 12.3. The van der Waals surface area contributed by atoms with Gasteiger partial charge in [-0.05, 0) is 31.6 Å². The summed E-state index contributed by atoms with van der Waals surface area (Å²) in [4.78, 5) is 9.90. The summed E-state index contributed by atoms with van der Waals surface area (Å²) in [6.07, 6.45) is 2.03. The summed E-state index contributed by atoms with van der Waals surface area (Å²) < 4.78 is 27.0. The Labute approximate surface area is 127 Å². The van der Waals surface area contributed by atoms with E-state index >= 15 is 0 Å². The van der Waals surface area contributed by atoms with Crippen LogP contribution in [-0.2, 0) is 10.0 Å². The maximum atomic E-state index is 12.3. The molecule has 3 N–H and O–H groups in total. The van der Waals surface area contributed by atoms with E-state index in [1.54, 1.807) is 11.8 Å². The van der Waals surface area contributed by atoms with Gasteiger partial charge in [0.25, 0.3) is 5.69 Å². The average molecular weight is 331 g/mol. The van der Waals surface area contributed by atoms with Crippen LogP contribution in [0.5, 0.6) is 0 Å². The summed E-state index contributed by atoms with van der Waals surface area (Å²) in [7, 11) is -3.77. The summed E-state index contributed by atoms with van der Waals surface area (Å²) in [5.74, 6) is 1.03. The molecule has 2 rings (SSSR count). The number of nitro benzene ring substituents is 1. The number of non-ortho nitro benzene ring substituents is 1. The van der Waals surface area contributed by atoms with Gasteiger partial charge in [-0.25, -0.2) is 13.1 Å². The highest BCUT2D eigenvalue weighted by Crippen LogP contribution is 2.37. The van der Waals surface area contributed by atoms with E-state index in [2.05, 4.69) is 4.72 Å². The zero-order valence-electron chi connectivity index (χ0n) is 11.5. The van der Waals surface area contributed by atoms with Crippen molar-refractivity contribution in [2.75, 3.05) is 18.0 Å². The highest BCUT2D eigenvalue weighted by Gasteiger charge is 2.31. The monoisotopic (exact) mass is 331 g/mol. The van der Waals surface area contributed by atoms with Crippen molar-refractivity contribution in [2.45, 2.75) is 29.4 Å². The van der Waals surface area contributed by atoms with Gasteiger partial charge in [-0.15, -0.1) is 0 Å². The van der Waals surface area contributed by atoms with Crippen molar-refractivity contribution >= 4 is 33.2 Å². The second-order valence-corrected chi connectivity index (χ2v) is 8.62. The average Bonchev–Trinajstić information content (AvgIpc) is 2.84. The third-order valence-corrected chi connectivity index (χ3v) is 6.44. The summed E-state index contributed by atoms with van der Waals surface area (Å²) in [6, 6.07) is 3.36. The lowest BCUT2D eigenvalue weighted by atomic mass is 10.1. The quantitative estimate of drug-likeness (QED) is 0.482. The van der Waals surface area contributed by atoms with Crippen LogP contribution in [0.2, 0.25) is 0 Å². The van der Waals surface area contributed by atoms with Gasteiger partial charge in [0.05, 0.1) is 10.6 Å². The highest BCUT2D eigenvalue weighted by molar-refractivity contribution is 8.01. The van der Waals surface area contributed by atoms with E-state index in [0.29, 0.717) is 6.54 Å². The first-order valence-corrected chi connectivity index (χ1v) is 8.88. The lowest BCUT2D eigenvalue weighted by Gasteiger charge is -2.23.